The van der Waals surface area contributed by atoms with Gasteiger partial charge in [0.1, 0.15) is 0 Å². The third-order valence-corrected chi connectivity index (χ3v) is 5.35. The first kappa shape index (κ1) is 19.6. The zero-order chi connectivity index (χ0) is 19.6. The molecule has 0 unspecified atom stereocenters. The van der Waals surface area contributed by atoms with Gasteiger partial charge in [-0.2, -0.15) is 5.10 Å². The molecule has 2 heterocycles. The maximum absolute atomic E-state index is 13.3. The van der Waals surface area contributed by atoms with Crippen molar-refractivity contribution in [1.29, 1.82) is 0 Å². The quantitative estimate of drug-likeness (QED) is 0.898. The normalized spacial score (nSPS) is 16.0. The van der Waals surface area contributed by atoms with Crippen LogP contribution in [-0.2, 0) is 5.41 Å². The van der Waals surface area contributed by atoms with Gasteiger partial charge in [0.15, 0.2) is 0 Å². The Bertz CT molecular complexity index is 778. The van der Waals surface area contributed by atoms with Gasteiger partial charge in [-0.05, 0) is 51.4 Å². The first-order valence-corrected chi connectivity index (χ1v) is 9.90. The van der Waals surface area contributed by atoms with Gasteiger partial charge >= 0.3 is 0 Å². The van der Waals surface area contributed by atoms with E-state index < -0.39 is 0 Å². The predicted octanol–water partition coefficient (Wildman–Crippen LogP) is 3.55. The number of aromatic nitrogens is 2. The van der Waals surface area contributed by atoms with E-state index in [0.29, 0.717) is 5.92 Å². The summed E-state index contributed by atoms with van der Waals surface area (Å²) in [5, 5.41) is 8.05. The minimum absolute atomic E-state index is 0.112. The van der Waals surface area contributed by atoms with Gasteiger partial charge in [-0.1, -0.05) is 38.5 Å². The summed E-state index contributed by atoms with van der Waals surface area (Å²) in [6, 6.07) is 8.24. The molecule has 0 bridgehead atoms. The molecule has 5 heteroatoms. The molecule has 1 aliphatic rings. The number of hydrogen-bond acceptors (Lipinski definition) is 3. The molecule has 3 rings (SSSR count). The van der Waals surface area contributed by atoms with Crippen LogP contribution in [0.15, 0.2) is 30.5 Å². The van der Waals surface area contributed by atoms with Crippen molar-refractivity contribution in [3.8, 4) is 5.69 Å². The maximum Gasteiger partial charge on any atom is 0.257 e. The molecule has 1 aromatic heterocycles. The largest absolute Gasteiger partial charge is 0.339 e. The van der Waals surface area contributed by atoms with Crippen LogP contribution in [0, 0.1) is 12.8 Å². The van der Waals surface area contributed by atoms with E-state index in [1.54, 1.807) is 0 Å². The fourth-order valence-electron chi connectivity index (χ4n) is 3.71. The third kappa shape index (κ3) is 4.41. The Balaban J connectivity index is 1.87. The lowest BCUT2D eigenvalue weighted by Gasteiger charge is -2.32. The summed E-state index contributed by atoms with van der Waals surface area (Å²) >= 11 is 0. The highest BCUT2D eigenvalue weighted by atomic mass is 16.2. The van der Waals surface area contributed by atoms with Gasteiger partial charge in [0.25, 0.3) is 5.91 Å². The van der Waals surface area contributed by atoms with Gasteiger partial charge in [0.05, 0.1) is 16.9 Å². The summed E-state index contributed by atoms with van der Waals surface area (Å²) in [6.45, 7) is 11.1. The van der Waals surface area contributed by atoms with E-state index in [2.05, 4.69) is 45.1 Å². The minimum atomic E-state index is -0.189. The van der Waals surface area contributed by atoms with Crippen molar-refractivity contribution >= 4 is 5.91 Å². The van der Waals surface area contributed by atoms with Crippen molar-refractivity contribution in [1.82, 2.24) is 20.0 Å². The number of aryl methyl sites for hydroxylation is 1. The third-order valence-electron chi connectivity index (χ3n) is 5.35. The first-order chi connectivity index (χ1) is 12.8. The fourth-order valence-corrected chi connectivity index (χ4v) is 3.71. The molecule has 1 aromatic carbocycles. The topological polar surface area (TPSA) is 50.2 Å². The molecule has 2 aromatic rings. The van der Waals surface area contributed by atoms with Crippen LogP contribution in [0.2, 0.25) is 0 Å². The number of benzene rings is 1. The van der Waals surface area contributed by atoms with Gasteiger partial charge in [-0.15, -0.1) is 0 Å². The number of amides is 1. The number of hydrogen-bond donors (Lipinski definition) is 1. The highest BCUT2D eigenvalue weighted by Gasteiger charge is 2.30. The van der Waals surface area contributed by atoms with Crippen molar-refractivity contribution in [2.24, 2.45) is 5.92 Å². The van der Waals surface area contributed by atoms with Crippen molar-refractivity contribution < 1.29 is 4.79 Å². The molecule has 146 valence electrons. The molecule has 1 aliphatic heterocycles. The molecule has 1 amide bonds. The van der Waals surface area contributed by atoms with Gasteiger partial charge < -0.3 is 10.2 Å². The first-order valence-electron chi connectivity index (χ1n) is 9.90. The van der Waals surface area contributed by atoms with Crippen LogP contribution in [0.25, 0.3) is 5.69 Å². The summed E-state index contributed by atoms with van der Waals surface area (Å²) in [5.74, 6) is 0.776. The van der Waals surface area contributed by atoms with E-state index in [4.69, 9.17) is 5.10 Å². The van der Waals surface area contributed by atoms with E-state index in [-0.39, 0.29) is 11.3 Å². The molecule has 0 spiro atoms. The molecule has 27 heavy (non-hydrogen) atoms. The maximum atomic E-state index is 13.3. The molecular weight excluding hydrogens is 336 g/mol. The lowest BCUT2D eigenvalue weighted by atomic mass is 9.89. The predicted molar refractivity (Wildman–Crippen MR) is 110 cm³/mol. The van der Waals surface area contributed by atoms with E-state index in [1.807, 2.05) is 35.0 Å². The van der Waals surface area contributed by atoms with Gasteiger partial charge in [0, 0.05) is 24.7 Å². The van der Waals surface area contributed by atoms with Crippen LogP contribution < -0.4 is 5.32 Å². The number of nitrogens with one attached hydrogen (secondary N) is 1. The lowest BCUT2D eigenvalue weighted by Crippen LogP contribution is -2.41. The number of nitrogens with zero attached hydrogens (tertiary/aromatic N) is 3. The smallest absolute Gasteiger partial charge is 0.257 e. The van der Waals surface area contributed by atoms with E-state index in [9.17, 15) is 4.79 Å². The molecule has 0 atom stereocenters. The summed E-state index contributed by atoms with van der Waals surface area (Å²) in [6.07, 6.45) is 4.03. The van der Waals surface area contributed by atoms with Gasteiger partial charge in [0.2, 0.25) is 0 Å². The number of piperidine rings is 1. The van der Waals surface area contributed by atoms with E-state index in [1.165, 1.54) is 5.56 Å². The number of carbonyl (C=O) groups is 1. The highest BCUT2D eigenvalue weighted by Crippen LogP contribution is 2.28. The SMILES string of the molecule is CNCC1CCN(C(=O)c2cn(-c3ccc(C)cc3)nc2C(C)(C)C)CC1. The van der Waals surface area contributed by atoms with Crippen LogP contribution in [0.3, 0.4) is 0 Å². The molecule has 1 saturated heterocycles. The Morgan fingerprint density at radius 2 is 1.81 bits per heavy atom. The van der Waals surface area contributed by atoms with Crippen LogP contribution in [-0.4, -0.2) is 47.3 Å². The Morgan fingerprint density at radius 1 is 1.19 bits per heavy atom. The Labute approximate surface area is 162 Å². The molecule has 0 saturated carbocycles. The van der Waals surface area contributed by atoms with Crippen LogP contribution in [0.1, 0.15) is 55.2 Å². The summed E-state index contributed by atoms with van der Waals surface area (Å²) in [7, 11) is 1.99. The zero-order valence-electron chi connectivity index (χ0n) is 17.2. The average Bonchev–Trinajstić information content (AvgIpc) is 3.08. The second-order valence-corrected chi connectivity index (χ2v) is 8.71. The van der Waals surface area contributed by atoms with Crippen molar-refractivity contribution in [3.05, 3.63) is 47.3 Å². The van der Waals surface area contributed by atoms with Crippen LogP contribution >= 0.6 is 0 Å². The number of likely N-dealkylation sites (tertiary alicyclic amines) is 1. The monoisotopic (exact) mass is 368 g/mol. The molecule has 5 nitrogen and oxygen atoms in total. The van der Waals surface area contributed by atoms with Crippen LogP contribution in [0.4, 0.5) is 0 Å². The molecular formula is C22H32N4O. The lowest BCUT2D eigenvalue weighted by molar-refractivity contribution is 0.0688. The van der Waals surface area contributed by atoms with E-state index >= 15 is 0 Å². The summed E-state index contributed by atoms with van der Waals surface area (Å²) in [5.41, 5.74) is 3.60. The molecule has 1 fully saturated rings. The number of rotatable bonds is 4. The second-order valence-electron chi connectivity index (χ2n) is 8.71. The Hall–Kier alpha value is -2.14. The molecule has 0 radical (unpaired) electrons. The zero-order valence-corrected chi connectivity index (χ0v) is 17.2. The highest BCUT2D eigenvalue weighted by molar-refractivity contribution is 5.95. The Morgan fingerprint density at radius 3 is 2.37 bits per heavy atom. The van der Waals surface area contributed by atoms with Crippen LogP contribution in [0.5, 0.6) is 0 Å². The number of carbonyl (C=O) groups excluding carboxylic acids is 1. The minimum Gasteiger partial charge on any atom is -0.339 e. The molecule has 1 N–H and O–H groups in total. The Kier molecular flexibility index (Phi) is 5.70. The molecule has 0 aliphatic carbocycles. The van der Waals surface area contributed by atoms with Crippen molar-refractivity contribution in [3.63, 3.8) is 0 Å². The summed E-state index contributed by atoms with van der Waals surface area (Å²) < 4.78 is 1.85. The van der Waals surface area contributed by atoms with Crippen molar-refractivity contribution in [2.45, 2.75) is 46.0 Å². The van der Waals surface area contributed by atoms with Gasteiger partial charge in [-0.25, -0.2) is 4.68 Å². The standard InChI is InChI=1S/C22H32N4O/c1-16-6-8-18(9-7-16)26-15-19(20(24-26)22(2,3)4)21(27)25-12-10-17(11-13-25)14-23-5/h6-9,15,17,23H,10-14H2,1-5H3. The summed E-state index contributed by atoms with van der Waals surface area (Å²) in [4.78, 5) is 15.3. The second kappa shape index (κ2) is 7.85. The van der Waals surface area contributed by atoms with E-state index in [0.717, 1.165) is 49.4 Å². The van der Waals surface area contributed by atoms with Gasteiger partial charge in [-0.3, -0.25) is 4.79 Å². The van der Waals surface area contributed by atoms with Crippen molar-refractivity contribution in [2.75, 3.05) is 26.7 Å². The fraction of sp³-hybridized carbons (Fsp3) is 0.545. The average molecular weight is 369 g/mol.